The maximum absolute atomic E-state index is 13.1. The third-order valence-electron chi connectivity index (χ3n) is 8.71. The van der Waals surface area contributed by atoms with Gasteiger partial charge < -0.3 is 24.3 Å². The molecule has 1 saturated carbocycles. The van der Waals surface area contributed by atoms with E-state index >= 15 is 0 Å². The van der Waals surface area contributed by atoms with Gasteiger partial charge >= 0.3 is 0 Å². The van der Waals surface area contributed by atoms with Crippen molar-refractivity contribution in [2.45, 2.75) is 54.9 Å². The molecule has 1 amide bonds. The summed E-state index contributed by atoms with van der Waals surface area (Å²) in [6.45, 7) is 5.44. The SMILES string of the molecule is C=CCN1CC[C@]23c4c5ccc(O)c4O[C@H]2[C@H](N(C)C(=O)/C=C/c2ccoc2)CC[C@@]3(O)[C@H]1C5. The van der Waals surface area contributed by atoms with Crippen molar-refractivity contribution in [3.63, 3.8) is 0 Å². The lowest BCUT2D eigenvalue weighted by Crippen LogP contribution is -2.78. The van der Waals surface area contributed by atoms with Crippen LogP contribution in [0, 0.1) is 0 Å². The molecule has 2 fully saturated rings. The number of aromatic hydroxyl groups is 1. The molecule has 1 spiro atoms. The standard InChI is InChI=1S/C27H30N2O5/c1-3-12-29-13-11-26-23-18-5-6-20(30)24(23)34-25(26)19(8-10-27(26,32)21(29)15-18)28(2)22(31)7-4-17-9-14-33-16-17/h3-7,9,14,16,19,21,25,30,32H,1,8,10-13,15H2,2H3/b7-4+/t19-,21-,25+,26+,27-/m1/s1. The molecule has 0 radical (unpaired) electrons. The van der Waals surface area contributed by atoms with Crippen molar-refractivity contribution in [3.8, 4) is 11.5 Å². The second-order valence-corrected chi connectivity index (χ2v) is 10.1. The number of carbonyl (C=O) groups excluding carboxylic acids is 1. The van der Waals surface area contributed by atoms with Gasteiger partial charge in [0.15, 0.2) is 11.5 Å². The molecule has 1 saturated heterocycles. The van der Waals surface area contributed by atoms with Crippen LogP contribution in [-0.4, -0.2) is 69.8 Å². The van der Waals surface area contributed by atoms with Gasteiger partial charge in [0.05, 0.1) is 29.6 Å². The second kappa shape index (κ2) is 7.48. The van der Waals surface area contributed by atoms with Crippen LogP contribution in [0.15, 0.2) is 53.9 Å². The number of furan rings is 1. The highest BCUT2D eigenvalue weighted by Gasteiger charge is 2.73. The van der Waals surface area contributed by atoms with Crippen molar-refractivity contribution in [2.24, 2.45) is 0 Å². The summed E-state index contributed by atoms with van der Waals surface area (Å²) in [4.78, 5) is 17.2. The van der Waals surface area contributed by atoms with E-state index in [2.05, 4.69) is 11.5 Å². The molecule has 2 aliphatic heterocycles. The van der Waals surface area contributed by atoms with Crippen molar-refractivity contribution < 1.29 is 24.2 Å². The van der Waals surface area contributed by atoms with Crippen molar-refractivity contribution in [1.29, 1.82) is 0 Å². The first-order valence-electron chi connectivity index (χ1n) is 12.0. The van der Waals surface area contributed by atoms with Gasteiger partial charge in [-0.1, -0.05) is 12.1 Å². The number of likely N-dealkylation sites (tertiary alicyclic amines) is 1. The van der Waals surface area contributed by atoms with Crippen LogP contribution in [0.4, 0.5) is 0 Å². The molecule has 0 unspecified atom stereocenters. The Bertz CT molecular complexity index is 1170. The second-order valence-electron chi connectivity index (χ2n) is 10.1. The Morgan fingerprint density at radius 1 is 1.35 bits per heavy atom. The van der Waals surface area contributed by atoms with Crippen molar-refractivity contribution in [1.82, 2.24) is 9.80 Å². The van der Waals surface area contributed by atoms with E-state index in [9.17, 15) is 15.0 Å². The minimum atomic E-state index is -1.00. The number of amides is 1. The lowest BCUT2D eigenvalue weighted by Gasteiger charge is -2.64. The summed E-state index contributed by atoms with van der Waals surface area (Å²) in [5.41, 5.74) is 1.23. The van der Waals surface area contributed by atoms with Crippen LogP contribution in [0.25, 0.3) is 6.08 Å². The molecule has 4 aliphatic rings. The van der Waals surface area contributed by atoms with Crippen molar-refractivity contribution >= 4 is 12.0 Å². The molecule has 2 bridgehead atoms. The first-order chi connectivity index (χ1) is 16.4. The molecule has 34 heavy (non-hydrogen) atoms. The number of aliphatic hydroxyl groups is 1. The maximum atomic E-state index is 13.1. The van der Waals surface area contributed by atoms with Crippen molar-refractivity contribution in [2.75, 3.05) is 20.1 Å². The fourth-order valence-electron chi connectivity index (χ4n) is 7.20. The molecule has 2 N–H and O–H groups in total. The van der Waals surface area contributed by atoms with Crippen LogP contribution >= 0.6 is 0 Å². The van der Waals surface area contributed by atoms with Gasteiger partial charge in [-0.3, -0.25) is 9.69 Å². The van der Waals surface area contributed by atoms with E-state index in [-0.39, 0.29) is 23.7 Å². The Morgan fingerprint density at radius 3 is 2.97 bits per heavy atom. The molecule has 1 aromatic carbocycles. The van der Waals surface area contributed by atoms with Crippen LogP contribution < -0.4 is 4.74 Å². The number of phenolic OH excluding ortho intramolecular Hbond substituents is 1. The average molecular weight is 463 g/mol. The van der Waals surface area contributed by atoms with Gasteiger partial charge in [-0.15, -0.1) is 6.58 Å². The van der Waals surface area contributed by atoms with Gasteiger partial charge in [0.1, 0.15) is 6.10 Å². The summed E-state index contributed by atoms with van der Waals surface area (Å²) in [6.07, 6.45) is 10.5. The predicted octanol–water partition coefficient (Wildman–Crippen LogP) is 2.87. The molecule has 2 aliphatic carbocycles. The zero-order valence-electron chi connectivity index (χ0n) is 19.3. The van der Waals surface area contributed by atoms with Crippen LogP contribution in [-0.2, 0) is 16.6 Å². The monoisotopic (exact) mass is 462 g/mol. The highest BCUT2D eigenvalue weighted by Crippen LogP contribution is 2.65. The zero-order chi connectivity index (χ0) is 23.7. The van der Waals surface area contributed by atoms with Crippen molar-refractivity contribution in [3.05, 3.63) is 66.1 Å². The lowest BCUT2D eigenvalue weighted by molar-refractivity contribution is -0.198. The summed E-state index contributed by atoms with van der Waals surface area (Å²) in [7, 11) is 1.80. The highest BCUT2D eigenvalue weighted by molar-refractivity contribution is 5.91. The zero-order valence-corrected chi connectivity index (χ0v) is 19.3. The Kier molecular flexibility index (Phi) is 4.73. The smallest absolute Gasteiger partial charge is 0.246 e. The summed E-state index contributed by atoms with van der Waals surface area (Å²) in [6, 6.07) is 5.17. The predicted molar refractivity (Wildman–Crippen MR) is 127 cm³/mol. The minimum Gasteiger partial charge on any atom is -0.504 e. The molecular weight excluding hydrogens is 432 g/mol. The first-order valence-corrected chi connectivity index (χ1v) is 12.0. The normalized spacial score (nSPS) is 33.4. The van der Waals surface area contributed by atoms with E-state index in [4.69, 9.17) is 9.15 Å². The maximum Gasteiger partial charge on any atom is 0.246 e. The van der Waals surface area contributed by atoms with E-state index in [0.29, 0.717) is 31.4 Å². The molecule has 3 heterocycles. The molecule has 178 valence electrons. The van der Waals surface area contributed by atoms with Gasteiger partial charge in [-0.05, 0) is 56.0 Å². The Labute approximate surface area is 198 Å². The molecule has 6 rings (SSSR count). The topological polar surface area (TPSA) is 86.4 Å². The summed E-state index contributed by atoms with van der Waals surface area (Å²) < 4.78 is 11.6. The van der Waals surface area contributed by atoms with Crippen LogP contribution in [0.1, 0.15) is 36.0 Å². The Balaban J connectivity index is 1.41. The van der Waals surface area contributed by atoms with Gasteiger partial charge in [-0.25, -0.2) is 0 Å². The van der Waals surface area contributed by atoms with Gasteiger partial charge in [0.2, 0.25) is 5.91 Å². The number of carbonyl (C=O) groups is 1. The number of piperidine rings is 1. The number of likely N-dealkylation sites (N-methyl/N-ethyl adjacent to an activating group) is 1. The van der Waals surface area contributed by atoms with E-state index in [1.807, 2.05) is 12.1 Å². The van der Waals surface area contributed by atoms with Gasteiger partial charge in [0.25, 0.3) is 0 Å². The first kappa shape index (κ1) is 21.5. The summed E-state index contributed by atoms with van der Waals surface area (Å²) in [5, 5.41) is 23.1. The number of hydrogen-bond donors (Lipinski definition) is 2. The highest BCUT2D eigenvalue weighted by atomic mass is 16.5. The number of nitrogens with zero attached hydrogens (tertiary/aromatic N) is 2. The lowest BCUT2D eigenvalue weighted by atomic mass is 9.48. The molecule has 1 aromatic heterocycles. The van der Waals surface area contributed by atoms with E-state index < -0.39 is 17.1 Å². The summed E-state index contributed by atoms with van der Waals surface area (Å²) in [5.74, 6) is 0.455. The molecule has 7 nitrogen and oxygen atoms in total. The Morgan fingerprint density at radius 2 is 2.21 bits per heavy atom. The van der Waals surface area contributed by atoms with E-state index in [0.717, 1.165) is 29.8 Å². The Hall–Kier alpha value is -3.03. The van der Waals surface area contributed by atoms with Crippen LogP contribution in [0.2, 0.25) is 0 Å². The van der Waals surface area contributed by atoms with E-state index in [1.54, 1.807) is 48.8 Å². The quantitative estimate of drug-likeness (QED) is 0.525. The molecule has 2 aromatic rings. The largest absolute Gasteiger partial charge is 0.504 e. The number of hydrogen-bond acceptors (Lipinski definition) is 6. The fraction of sp³-hybridized carbons (Fsp3) is 0.444. The molecular formula is C27H30N2O5. The summed E-state index contributed by atoms with van der Waals surface area (Å²) >= 11 is 0. The van der Waals surface area contributed by atoms with Gasteiger partial charge in [-0.2, -0.15) is 0 Å². The average Bonchev–Trinajstić information content (AvgIpc) is 3.46. The third-order valence-corrected chi connectivity index (χ3v) is 8.71. The van der Waals surface area contributed by atoms with Crippen LogP contribution in [0.5, 0.6) is 11.5 Å². The number of rotatable bonds is 5. The number of ether oxygens (including phenoxy) is 1. The molecule has 5 atom stereocenters. The minimum absolute atomic E-state index is 0.0590. The number of phenols is 1. The van der Waals surface area contributed by atoms with Gasteiger partial charge in [0, 0.05) is 36.8 Å². The van der Waals surface area contributed by atoms with E-state index in [1.165, 1.54) is 0 Å². The molecule has 7 heteroatoms. The van der Waals surface area contributed by atoms with Crippen LogP contribution in [0.3, 0.4) is 0 Å². The fourth-order valence-corrected chi connectivity index (χ4v) is 7.20. The third kappa shape index (κ3) is 2.68. The number of benzene rings is 1.